The molecule has 2 aromatic rings. The van der Waals surface area contributed by atoms with Crippen molar-refractivity contribution in [3.8, 4) is 5.69 Å². The lowest BCUT2D eigenvalue weighted by Crippen LogP contribution is -2.42. The van der Waals surface area contributed by atoms with Gasteiger partial charge in [-0.3, -0.25) is 4.79 Å². The Bertz CT molecular complexity index is 861. The average molecular weight is 391 g/mol. The average Bonchev–Trinajstić information content (AvgIpc) is 3.28. The zero-order valence-corrected chi connectivity index (χ0v) is 16.6. The van der Waals surface area contributed by atoms with Gasteiger partial charge in [0.1, 0.15) is 0 Å². The van der Waals surface area contributed by atoms with E-state index in [0.717, 1.165) is 18.7 Å². The molecule has 1 unspecified atom stereocenters. The van der Waals surface area contributed by atoms with Gasteiger partial charge >= 0.3 is 0 Å². The van der Waals surface area contributed by atoms with Gasteiger partial charge in [-0.15, -0.1) is 0 Å². The van der Waals surface area contributed by atoms with Gasteiger partial charge in [-0.1, -0.05) is 0 Å². The van der Waals surface area contributed by atoms with Crippen molar-refractivity contribution < 1.29 is 13.2 Å². The van der Waals surface area contributed by atoms with E-state index in [1.54, 1.807) is 27.9 Å². The van der Waals surface area contributed by atoms with E-state index >= 15 is 0 Å². The van der Waals surface area contributed by atoms with Crippen molar-refractivity contribution in [2.75, 3.05) is 38.7 Å². The number of carbonyl (C=O) groups is 1. The summed E-state index contributed by atoms with van der Waals surface area (Å²) in [5, 5.41) is 4.18. The number of aromatic nitrogens is 2. The molecule has 0 N–H and O–H groups in total. The lowest BCUT2D eigenvalue weighted by Gasteiger charge is -2.29. The molecule has 8 heteroatoms. The van der Waals surface area contributed by atoms with Gasteiger partial charge in [0.25, 0.3) is 5.91 Å². The molecule has 0 spiro atoms. The van der Waals surface area contributed by atoms with E-state index in [9.17, 15) is 13.2 Å². The van der Waals surface area contributed by atoms with Gasteiger partial charge in [-0.25, -0.2) is 13.1 Å². The Labute approximate surface area is 160 Å². The molecule has 27 heavy (non-hydrogen) atoms. The molecular formula is C19H26N4O3S. The van der Waals surface area contributed by atoms with Crippen LogP contribution in [0.1, 0.15) is 23.2 Å². The summed E-state index contributed by atoms with van der Waals surface area (Å²) in [5.41, 5.74) is 1.44. The molecule has 1 aliphatic heterocycles. The van der Waals surface area contributed by atoms with Crippen LogP contribution < -0.4 is 0 Å². The second-order valence-corrected chi connectivity index (χ2v) is 9.44. The number of amides is 1. The van der Waals surface area contributed by atoms with E-state index in [2.05, 4.69) is 10.00 Å². The molecule has 0 bridgehead atoms. The van der Waals surface area contributed by atoms with Crippen molar-refractivity contribution in [1.82, 2.24) is 19.6 Å². The van der Waals surface area contributed by atoms with E-state index in [-0.39, 0.29) is 23.5 Å². The van der Waals surface area contributed by atoms with Crippen LogP contribution in [0.5, 0.6) is 0 Å². The molecule has 1 saturated heterocycles. The van der Waals surface area contributed by atoms with Crippen LogP contribution >= 0.6 is 0 Å². The summed E-state index contributed by atoms with van der Waals surface area (Å²) in [5.74, 6) is 0.113. The molecule has 1 amide bonds. The molecular weight excluding hydrogens is 364 g/mol. The predicted molar refractivity (Wildman–Crippen MR) is 105 cm³/mol. The van der Waals surface area contributed by atoms with Crippen molar-refractivity contribution in [3.05, 3.63) is 48.3 Å². The van der Waals surface area contributed by atoms with Crippen LogP contribution in [0.15, 0.2) is 42.7 Å². The first-order valence-electron chi connectivity index (χ1n) is 9.12. The Hall–Kier alpha value is -2.19. The number of hydrogen-bond donors (Lipinski definition) is 0. The van der Waals surface area contributed by atoms with E-state index in [1.165, 1.54) is 0 Å². The summed E-state index contributed by atoms with van der Waals surface area (Å²) in [7, 11) is 0.923. The quantitative estimate of drug-likeness (QED) is 0.715. The van der Waals surface area contributed by atoms with Gasteiger partial charge in [-0.05, 0) is 63.8 Å². The van der Waals surface area contributed by atoms with Crippen molar-refractivity contribution in [2.45, 2.75) is 18.9 Å². The van der Waals surface area contributed by atoms with Gasteiger partial charge in [0.15, 0.2) is 9.84 Å². The minimum absolute atomic E-state index is 0.0616. The molecule has 1 aromatic carbocycles. The Morgan fingerprint density at radius 2 is 1.96 bits per heavy atom. The Kier molecular flexibility index (Phi) is 5.96. The zero-order chi connectivity index (χ0) is 19.4. The fourth-order valence-electron chi connectivity index (χ4n) is 3.37. The van der Waals surface area contributed by atoms with Gasteiger partial charge in [0.2, 0.25) is 0 Å². The number of hydrogen-bond acceptors (Lipinski definition) is 5. The van der Waals surface area contributed by atoms with Crippen LogP contribution in [-0.2, 0) is 9.84 Å². The zero-order valence-electron chi connectivity index (χ0n) is 15.8. The van der Waals surface area contributed by atoms with Crippen molar-refractivity contribution in [1.29, 1.82) is 0 Å². The van der Waals surface area contributed by atoms with Crippen LogP contribution in [0.2, 0.25) is 0 Å². The van der Waals surface area contributed by atoms with E-state index in [4.69, 9.17) is 0 Å². The first kappa shape index (κ1) is 19.6. The molecule has 3 rings (SSSR count). The second kappa shape index (κ2) is 8.22. The number of carbonyl (C=O) groups excluding carboxylic acids is 1. The SMILES string of the molecule is CN(C)CCCN(C(=O)c1ccc(-n2cccn2)cc1)C1CCS(=O)(=O)C1. The fourth-order valence-corrected chi connectivity index (χ4v) is 5.10. The normalized spacial score (nSPS) is 18.7. The van der Waals surface area contributed by atoms with Crippen LogP contribution in [0.4, 0.5) is 0 Å². The van der Waals surface area contributed by atoms with Gasteiger partial charge in [0, 0.05) is 30.5 Å². The number of rotatable bonds is 7. The highest BCUT2D eigenvalue weighted by molar-refractivity contribution is 7.91. The largest absolute Gasteiger partial charge is 0.335 e. The van der Waals surface area contributed by atoms with E-state index in [0.29, 0.717) is 18.5 Å². The molecule has 1 fully saturated rings. The second-order valence-electron chi connectivity index (χ2n) is 7.21. The Morgan fingerprint density at radius 1 is 1.22 bits per heavy atom. The maximum Gasteiger partial charge on any atom is 0.254 e. The van der Waals surface area contributed by atoms with Crippen molar-refractivity contribution in [2.24, 2.45) is 0 Å². The molecule has 2 heterocycles. The maximum absolute atomic E-state index is 13.1. The maximum atomic E-state index is 13.1. The third-order valence-corrected chi connectivity index (χ3v) is 6.55. The molecule has 0 radical (unpaired) electrons. The summed E-state index contributed by atoms with van der Waals surface area (Å²) in [6.07, 6.45) is 4.86. The summed E-state index contributed by atoms with van der Waals surface area (Å²) in [6, 6.07) is 8.86. The molecule has 1 aromatic heterocycles. The summed E-state index contributed by atoms with van der Waals surface area (Å²) in [4.78, 5) is 16.9. The first-order chi connectivity index (χ1) is 12.9. The lowest BCUT2D eigenvalue weighted by molar-refractivity contribution is 0.0690. The van der Waals surface area contributed by atoms with Crippen LogP contribution in [0.25, 0.3) is 5.69 Å². The molecule has 146 valence electrons. The molecule has 0 aliphatic carbocycles. The van der Waals surface area contributed by atoms with Crippen LogP contribution in [-0.4, -0.2) is 78.6 Å². The van der Waals surface area contributed by atoms with Gasteiger partial charge < -0.3 is 9.80 Å². The first-order valence-corrected chi connectivity index (χ1v) is 10.9. The molecule has 1 atom stereocenters. The lowest BCUT2D eigenvalue weighted by atomic mass is 10.1. The summed E-state index contributed by atoms with van der Waals surface area (Å²) >= 11 is 0. The highest BCUT2D eigenvalue weighted by atomic mass is 32.2. The minimum Gasteiger partial charge on any atom is -0.335 e. The molecule has 1 aliphatic rings. The Morgan fingerprint density at radius 3 is 2.52 bits per heavy atom. The fraction of sp³-hybridized carbons (Fsp3) is 0.474. The monoisotopic (exact) mass is 390 g/mol. The van der Waals surface area contributed by atoms with Crippen LogP contribution in [0, 0.1) is 0 Å². The van der Waals surface area contributed by atoms with Crippen molar-refractivity contribution in [3.63, 3.8) is 0 Å². The molecule has 0 saturated carbocycles. The van der Waals surface area contributed by atoms with Crippen molar-refractivity contribution >= 4 is 15.7 Å². The van der Waals surface area contributed by atoms with Gasteiger partial charge in [-0.2, -0.15) is 5.10 Å². The Balaban J connectivity index is 1.77. The summed E-state index contributed by atoms with van der Waals surface area (Å²) < 4.78 is 25.5. The standard InChI is InChI=1S/C19H26N4O3S/c1-21(2)11-4-12-22(18-9-14-27(25,26)15-18)19(24)16-5-7-17(8-6-16)23-13-3-10-20-23/h3,5-8,10,13,18H,4,9,11-12,14-15H2,1-2H3. The van der Waals surface area contributed by atoms with Gasteiger partial charge in [0.05, 0.1) is 17.2 Å². The minimum atomic E-state index is -3.05. The van der Waals surface area contributed by atoms with E-state index in [1.807, 2.05) is 38.5 Å². The predicted octanol–water partition coefficient (Wildman–Crippen LogP) is 1.45. The van der Waals surface area contributed by atoms with E-state index < -0.39 is 9.84 Å². The molecule has 7 nitrogen and oxygen atoms in total. The third kappa shape index (κ3) is 4.95. The highest BCUT2D eigenvalue weighted by Crippen LogP contribution is 2.21. The third-order valence-electron chi connectivity index (χ3n) is 4.80. The van der Waals surface area contributed by atoms with Crippen LogP contribution in [0.3, 0.4) is 0 Å². The number of benzene rings is 1. The smallest absolute Gasteiger partial charge is 0.254 e. The number of sulfone groups is 1. The summed E-state index contributed by atoms with van der Waals surface area (Å²) in [6.45, 7) is 1.40. The number of nitrogens with zero attached hydrogens (tertiary/aromatic N) is 4. The topological polar surface area (TPSA) is 75.5 Å². The highest BCUT2D eigenvalue weighted by Gasteiger charge is 2.34.